The Bertz CT molecular complexity index is 860. The van der Waals surface area contributed by atoms with Crippen molar-refractivity contribution < 1.29 is 19.4 Å². The third-order valence-corrected chi connectivity index (χ3v) is 4.36. The number of rotatable bonds is 4. The highest BCUT2D eigenvalue weighted by Crippen LogP contribution is 2.34. The van der Waals surface area contributed by atoms with Crippen LogP contribution in [-0.4, -0.2) is 27.9 Å². The predicted molar refractivity (Wildman–Crippen MR) is 93.4 cm³/mol. The van der Waals surface area contributed by atoms with Crippen molar-refractivity contribution in [3.63, 3.8) is 0 Å². The van der Waals surface area contributed by atoms with Crippen molar-refractivity contribution in [2.45, 2.75) is 0 Å². The van der Waals surface area contributed by atoms with Crippen LogP contribution in [0.5, 0.6) is 5.75 Å². The van der Waals surface area contributed by atoms with Gasteiger partial charge in [0.05, 0.1) is 4.91 Å². The van der Waals surface area contributed by atoms with E-state index in [0.29, 0.717) is 20.5 Å². The number of aliphatic carboxylic acids is 1. The summed E-state index contributed by atoms with van der Waals surface area (Å²) in [7, 11) is 0. The molecular weight excluding hydrogens is 334 g/mol. The van der Waals surface area contributed by atoms with Crippen molar-refractivity contribution in [2.75, 3.05) is 6.61 Å². The zero-order valence-electron chi connectivity index (χ0n) is 11.7. The van der Waals surface area contributed by atoms with Crippen LogP contribution in [0.4, 0.5) is 0 Å². The fourth-order valence-electron chi connectivity index (χ4n) is 2.24. The lowest BCUT2D eigenvalue weighted by Gasteiger charge is -2.11. The number of thioether (sulfide) groups is 1. The minimum Gasteiger partial charge on any atom is -0.481 e. The first-order chi connectivity index (χ1) is 11.0. The standard InChI is InChI=1S/C16H11NO4S2/c18-14(19)8-21-12-6-5-9-3-1-2-4-10(9)11(12)7-13-15(20)17-16(22)23-13/h1-7H,8H2,(H,18,19)(H,17,20,22). The smallest absolute Gasteiger partial charge is 0.341 e. The van der Waals surface area contributed by atoms with Gasteiger partial charge in [0.25, 0.3) is 5.91 Å². The number of benzene rings is 2. The SMILES string of the molecule is O=C(O)COc1ccc2ccccc2c1C=C1SC(=S)NC1=O. The van der Waals surface area contributed by atoms with E-state index in [1.165, 1.54) is 11.8 Å². The number of carbonyl (C=O) groups is 2. The number of nitrogens with one attached hydrogen (secondary N) is 1. The molecule has 0 aromatic heterocycles. The van der Waals surface area contributed by atoms with Crippen LogP contribution >= 0.6 is 24.0 Å². The Kier molecular flexibility index (Phi) is 4.31. The molecule has 1 fully saturated rings. The molecule has 1 aliphatic rings. The molecule has 0 atom stereocenters. The van der Waals surface area contributed by atoms with E-state index in [2.05, 4.69) is 5.32 Å². The third kappa shape index (κ3) is 3.35. The van der Waals surface area contributed by atoms with E-state index in [4.69, 9.17) is 22.1 Å². The number of hydrogen-bond acceptors (Lipinski definition) is 5. The van der Waals surface area contributed by atoms with Gasteiger partial charge in [0, 0.05) is 5.56 Å². The molecule has 3 rings (SSSR count). The predicted octanol–water partition coefficient (Wildman–Crippen LogP) is 2.79. The first-order valence-corrected chi connectivity index (χ1v) is 7.88. The Morgan fingerprint density at radius 3 is 2.78 bits per heavy atom. The minimum absolute atomic E-state index is 0.267. The van der Waals surface area contributed by atoms with Crippen molar-refractivity contribution in [3.05, 3.63) is 46.9 Å². The maximum atomic E-state index is 11.9. The Balaban J connectivity index is 2.12. The molecular formula is C16H11NO4S2. The summed E-state index contributed by atoms with van der Waals surface area (Å²) in [6, 6.07) is 11.2. The molecule has 1 heterocycles. The van der Waals surface area contributed by atoms with E-state index < -0.39 is 12.6 Å². The molecule has 1 aliphatic heterocycles. The van der Waals surface area contributed by atoms with E-state index in [0.717, 1.165) is 10.8 Å². The van der Waals surface area contributed by atoms with Gasteiger partial charge in [-0.25, -0.2) is 4.79 Å². The fourth-order valence-corrected chi connectivity index (χ4v) is 3.27. The second-order valence-corrected chi connectivity index (χ2v) is 6.45. The quantitative estimate of drug-likeness (QED) is 0.656. The molecule has 0 spiro atoms. The lowest BCUT2D eigenvalue weighted by atomic mass is 10.0. The summed E-state index contributed by atoms with van der Waals surface area (Å²) >= 11 is 6.15. The normalized spacial score (nSPS) is 15.9. The number of carbonyl (C=O) groups excluding carboxylic acids is 1. The average molecular weight is 345 g/mol. The summed E-state index contributed by atoms with van der Waals surface area (Å²) in [4.78, 5) is 23.1. The zero-order valence-corrected chi connectivity index (χ0v) is 13.4. The molecule has 23 heavy (non-hydrogen) atoms. The molecule has 7 heteroatoms. The van der Waals surface area contributed by atoms with Gasteiger partial charge in [0.15, 0.2) is 6.61 Å². The van der Waals surface area contributed by atoms with Crippen molar-refractivity contribution in [1.29, 1.82) is 0 Å². The first-order valence-electron chi connectivity index (χ1n) is 6.66. The van der Waals surface area contributed by atoms with Crippen LogP contribution < -0.4 is 10.1 Å². The van der Waals surface area contributed by atoms with Crippen LogP contribution in [0.1, 0.15) is 5.56 Å². The molecule has 116 valence electrons. The summed E-state index contributed by atoms with van der Waals surface area (Å²) in [5.41, 5.74) is 0.659. The van der Waals surface area contributed by atoms with Gasteiger partial charge in [-0.2, -0.15) is 0 Å². The van der Waals surface area contributed by atoms with Crippen molar-refractivity contribution in [1.82, 2.24) is 5.32 Å². The number of ether oxygens (including phenoxy) is 1. The minimum atomic E-state index is -1.06. The Morgan fingerprint density at radius 1 is 1.30 bits per heavy atom. The van der Waals surface area contributed by atoms with Crippen LogP contribution in [0.25, 0.3) is 16.8 Å². The van der Waals surface area contributed by atoms with E-state index in [9.17, 15) is 9.59 Å². The van der Waals surface area contributed by atoms with Crippen LogP contribution in [0.3, 0.4) is 0 Å². The van der Waals surface area contributed by atoms with Gasteiger partial charge in [-0.3, -0.25) is 4.79 Å². The lowest BCUT2D eigenvalue weighted by molar-refractivity contribution is -0.139. The number of fused-ring (bicyclic) bond motifs is 1. The number of thiocarbonyl (C=S) groups is 1. The van der Waals surface area contributed by atoms with Gasteiger partial charge < -0.3 is 15.2 Å². The highest BCUT2D eigenvalue weighted by Gasteiger charge is 2.23. The summed E-state index contributed by atoms with van der Waals surface area (Å²) in [6.45, 7) is -0.452. The van der Waals surface area contributed by atoms with Gasteiger partial charge in [0.1, 0.15) is 10.1 Å². The van der Waals surface area contributed by atoms with Gasteiger partial charge in [-0.15, -0.1) is 0 Å². The van der Waals surface area contributed by atoms with E-state index in [1.807, 2.05) is 30.3 Å². The topological polar surface area (TPSA) is 75.6 Å². The molecule has 0 unspecified atom stereocenters. The molecule has 1 saturated heterocycles. The van der Waals surface area contributed by atoms with Gasteiger partial charge in [-0.05, 0) is 22.9 Å². The molecule has 0 saturated carbocycles. The maximum absolute atomic E-state index is 11.9. The monoisotopic (exact) mass is 345 g/mol. The third-order valence-electron chi connectivity index (χ3n) is 3.20. The van der Waals surface area contributed by atoms with Gasteiger partial charge >= 0.3 is 5.97 Å². The Hall–Kier alpha value is -2.38. The van der Waals surface area contributed by atoms with Crippen LogP contribution in [0, 0.1) is 0 Å². The van der Waals surface area contributed by atoms with Crippen molar-refractivity contribution >= 4 is 57.0 Å². The number of amides is 1. The number of hydrogen-bond donors (Lipinski definition) is 2. The fraction of sp³-hybridized carbons (Fsp3) is 0.0625. The highest BCUT2D eigenvalue weighted by molar-refractivity contribution is 8.26. The molecule has 2 aromatic carbocycles. The molecule has 0 bridgehead atoms. The average Bonchev–Trinajstić information content (AvgIpc) is 2.84. The second-order valence-electron chi connectivity index (χ2n) is 4.73. The van der Waals surface area contributed by atoms with Gasteiger partial charge in [0.2, 0.25) is 0 Å². The van der Waals surface area contributed by atoms with E-state index >= 15 is 0 Å². The zero-order chi connectivity index (χ0) is 16.4. The molecule has 5 nitrogen and oxygen atoms in total. The van der Waals surface area contributed by atoms with E-state index in [-0.39, 0.29) is 5.91 Å². The molecule has 2 N–H and O–H groups in total. The Morgan fingerprint density at radius 2 is 2.09 bits per heavy atom. The summed E-state index contributed by atoms with van der Waals surface area (Å²) in [5.74, 6) is -0.923. The molecule has 2 aromatic rings. The first kappa shape index (κ1) is 15.5. The van der Waals surface area contributed by atoms with Crippen molar-refractivity contribution in [3.8, 4) is 5.75 Å². The molecule has 0 aliphatic carbocycles. The largest absolute Gasteiger partial charge is 0.481 e. The maximum Gasteiger partial charge on any atom is 0.341 e. The molecule has 1 amide bonds. The number of carboxylic acids is 1. The summed E-state index contributed by atoms with van der Waals surface area (Å²) in [6.07, 6.45) is 1.68. The van der Waals surface area contributed by atoms with Gasteiger partial charge in [-0.1, -0.05) is 54.3 Å². The van der Waals surface area contributed by atoms with Crippen LogP contribution in [-0.2, 0) is 9.59 Å². The van der Waals surface area contributed by atoms with E-state index in [1.54, 1.807) is 12.1 Å². The molecule has 0 radical (unpaired) electrons. The summed E-state index contributed by atoms with van der Waals surface area (Å²) in [5, 5.41) is 13.2. The highest BCUT2D eigenvalue weighted by atomic mass is 32.2. The number of carboxylic acid groups (broad SMARTS) is 1. The summed E-state index contributed by atoms with van der Waals surface area (Å²) < 4.78 is 5.76. The van der Waals surface area contributed by atoms with Crippen LogP contribution in [0.15, 0.2) is 41.3 Å². The van der Waals surface area contributed by atoms with Crippen LogP contribution in [0.2, 0.25) is 0 Å². The van der Waals surface area contributed by atoms with Crippen molar-refractivity contribution in [2.24, 2.45) is 0 Å². The second kappa shape index (κ2) is 6.39. The lowest BCUT2D eigenvalue weighted by Crippen LogP contribution is -2.17. The Labute approximate surface area is 141 Å².